The van der Waals surface area contributed by atoms with Crippen LogP contribution in [0.2, 0.25) is 0 Å². The molecule has 1 amide bonds. The van der Waals surface area contributed by atoms with Crippen molar-refractivity contribution in [2.75, 3.05) is 44.6 Å². The molecule has 0 unspecified atom stereocenters. The molecular weight excluding hydrogens is 522 g/mol. The minimum Gasteiger partial charge on any atom is -0.478 e. The normalized spacial score (nSPS) is 30.6. The number of sulfonamides is 1. The van der Waals surface area contributed by atoms with Crippen molar-refractivity contribution < 1.29 is 27.9 Å². The zero-order valence-electron chi connectivity index (χ0n) is 22.2. The molecule has 5 N–H and O–H groups in total. The molecule has 0 bridgehead atoms. The van der Waals surface area contributed by atoms with E-state index in [4.69, 9.17) is 5.73 Å². The predicted molar refractivity (Wildman–Crippen MR) is 146 cm³/mol. The van der Waals surface area contributed by atoms with Gasteiger partial charge in [0.15, 0.2) is 11.3 Å². The molecule has 4 aliphatic rings. The molecular formula is C27H39N5O6S. The van der Waals surface area contributed by atoms with Gasteiger partial charge in [0.1, 0.15) is 0 Å². The molecule has 214 valence electrons. The molecule has 2 saturated heterocycles. The zero-order valence-corrected chi connectivity index (χ0v) is 23.0. The van der Waals surface area contributed by atoms with Crippen LogP contribution in [-0.2, 0) is 19.6 Å². The zero-order chi connectivity index (χ0) is 27.8. The fourth-order valence-electron chi connectivity index (χ4n) is 6.36. The van der Waals surface area contributed by atoms with Crippen molar-refractivity contribution in [2.24, 2.45) is 17.6 Å². The highest BCUT2D eigenvalue weighted by molar-refractivity contribution is 7.90. The maximum Gasteiger partial charge on any atom is 0.335 e. The van der Waals surface area contributed by atoms with Crippen LogP contribution in [0.15, 0.2) is 24.3 Å². The number of aromatic carboxylic acids is 1. The van der Waals surface area contributed by atoms with E-state index in [1.807, 2.05) is 0 Å². The molecule has 5 rings (SSSR count). The van der Waals surface area contributed by atoms with Crippen molar-refractivity contribution in [2.45, 2.75) is 61.8 Å². The summed E-state index contributed by atoms with van der Waals surface area (Å²) in [6, 6.07) is 5.80. The van der Waals surface area contributed by atoms with Gasteiger partial charge in [0.05, 0.1) is 10.8 Å². The number of carbonyl (C=O) groups excluding carboxylic acids is 2. The van der Waals surface area contributed by atoms with Gasteiger partial charge in [-0.25, -0.2) is 13.2 Å². The third-order valence-electron chi connectivity index (χ3n) is 9.03. The van der Waals surface area contributed by atoms with Crippen LogP contribution in [0.5, 0.6) is 0 Å². The van der Waals surface area contributed by atoms with Crippen LogP contribution in [0.4, 0.5) is 5.69 Å². The second-order valence-corrected chi connectivity index (χ2v) is 13.7. The van der Waals surface area contributed by atoms with E-state index in [2.05, 4.69) is 15.5 Å². The maximum absolute atomic E-state index is 14.0. The molecule has 4 fully saturated rings. The highest BCUT2D eigenvalue weighted by Crippen LogP contribution is 2.37. The molecule has 1 aromatic rings. The number of nitrogens with zero attached hydrogens (tertiary/aromatic N) is 2. The first-order valence-corrected chi connectivity index (χ1v) is 15.5. The van der Waals surface area contributed by atoms with Crippen LogP contribution in [-0.4, -0.2) is 96.5 Å². The summed E-state index contributed by atoms with van der Waals surface area (Å²) in [5.74, 6) is -1.43. The van der Waals surface area contributed by atoms with Crippen molar-refractivity contribution in [3.05, 3.63) is 29.8 Å². The van der Waals surface area contributed by atoms with E-state index in [9.17, 15) is 27.9 Å². The number of carboxylic acid groups (broad SMARTS) is 1. The number of piperazine rings is 1. The summed E-state index contributed by atoms with van der Waals surface area (Å²) < 4.78 is 26.9. The van der Waals surface area contributed by atoms with Gasteiger partial charge in [-0.05, 0) is 81.7 Å². The number of ketones is 1. The van der Waals surface area contributed by atoms with Gasteiger partial charge < -0.3 is 16.2 Å². The Bertz CT molecular complexity index is 1190. The molecule has 12 heteroatoms. The van der Waals surface area contributed by atoms with E-state index in [0.717, 1.165) is 25.7 Å². The van der Waals surface area contributed by atoms with Crippen molar-refractivity contribution in [3.63, 3.8) is 0 Å². The summed E-state index contributed by atoms with van der Waals surface area (Å²) in [7, 11) is -3.22. The van der Waals surface area contributed by atoms with Gasteiger partial charge in [-0.2, -0.15) is 4.31 Å². The number of anilines is 1. The summed E-state index contributed by atoms with van der Waals surface area (Å²) in [5, 5.41) is 15.1. The van der Waals surface area contributed by atoms with E-state index in [1.54, 1.807) is 4.31 Å². The SMILES string of the molecule is NCC1CCC(C(=O)[C@]2(C(=O)Nc3ccc(C(=O)O)cc3)C[C@H](N3CCN(S(=O)(=O)C4CC4)CC3)CN2)CC1. The van der Waals surface area contributed by atoms with Crippen molar-refractivity contribution >= 4 is 33.4 Å². The van der Waals surface area contributed by atoms with Gasteiger partial charge in [0.2, 0.25) is 10.0 Å². The van der Waals surface area contributed by atoms with E-state index in [0.29, 0.717) is 70.1 Å². The number of hydrogen-bond donors (Lipinski definition) is 4. The quantitative estimate of drug-likeness (QED) is 0.321. The lowest BCUT2D eigenvalue weighted by atomic mass is 9.73. The Hall–Kier alpha value is -2.38. The molecule has 39 heavy (non-hydrogen) atoms. The number of amides is 1. The Morgan fingerprint density at radius 3 is 2.21 bits per heavy atom. The topological polar surface area (TPSA) is 162 Å². The van der Waals surface area contributed by atoms with Gasteiger partial charge in [-0.1, -0.05) is 0 Å². The fraction of sp³-hybridized carbons (Fsp3) is 0.667. The van der Waals surface area contributed by atoms with Gasteiger partial charge in [0.25, 0.3) is 5.91 Å². The molecule has 2 atom stereocenters. The molecule has 0 spiro atoms. The molecule has 2 aliphatic heterocycles. The maximum atomic E-state index is 14.0. The summed E-state index contributed by atoms with van der Waals surface area (Å²) in [6.45, 7) is 3.00. The van der Waals surface area contributed by atoms with Crippen LogP contribution >= 0.6 is 0 Å². The van der Waals surface area contributed by atoms with E-state index in [1.165, 1.54) is 24.3 Å². The standard InChI is InChI=1S/C27H39N5O6S/c28-16-18-1-3-19(4-2-18)24(33)27(26(36)30-21-7-5-20(6-8-21)25(34)35)15-22(17-29-27)31-11-13-32(14-12-31)39(37,38)23-9-10-23/h5-8,18-19,22-23,29H,1-4,9-17,28H2,(H,30,36)(H,34,35)/t18?,19?,22-,27-/m0/s1. The lowest BCUT2D eigenvalue weighted by Crippen LogP contribution is -2.59. The van der Waals surface area contributed by atoms with Gasteiger partial charge >= 0.3 is 5.97 Å². The Balaban J connectivity index is 1.31. The fourth-order valence-corrected chi connectivity index (χ4v) is 8.19. The summed E-state index contributed by atoms with van der Waals surface area (Å²) in [4.78, 5) is 41.3. The lowest BCUT2D eigenvalue weighted by Gasteiger charge is -2.38. The molecule has 11 nitrogen and oxygen atoms in total. The average molecular weight is 562 g/mol. The minimum absolute atomic E-state index is 0.0831. The largest absolute Gasteiger partial charge is 0.478 e. The number of benzene rings is 1. The molecule has 2 saturated carbocycles. The van der Waals surface area contributed by atoms with Crippen molar-refractivity contribution in [1.82, 2.24) is 14.5 Å². The summed E-state index contributed by atoms with van der Waals surface area (Å²) in [6.07, 6.45) is 4.91. The van der Waals surface area contributed by atoms with E-state index in [-0.39, 0.29) is 28.6 Å². The monoisotopic (exact) mass is 561 g/mol. The molecule has 2 aliphatic carbocycles. The average Bonchev–Trinajstić information content (AvgIpc) is 3.72. The molecule has 1 aromatic carbocycles. The van der Waals surface area contributed by atoms with E-state index >= 15 is 0 Å². The van der Waals surface area contributed by atoms with Crippen LogP contribution in [0.25, 0.3) is 0 Å². The first-order valence-electron chi connectivity index (χ1n) is 14.0. The Labute approximate surface area is 229 Å². The Kier molecular flexibility index (Phi) is 8.12. The number of carboxylic acids is 1. The van der Waals surface area contributed by atoms with E-state index < -0.39 is 27.4 Å². The number of hydrogen-bond acceptors (Lipinski definition) is 8. The molecule has 0 aromatic heterocycles. The Morgan fingerprint density at radius 1 is 1.00 bits per heavy atom. The second-order valence-electron chi connectivity index (χ2n) is 11.5. The minimum atomic E-state index is -3.22. The third-order valence-corrected chi connectivity index (χ3v) is 11.4. The number of Topliss-reactive ketones (excluding diaryl/α,β-unsaturated/α-hetero) is 1. The van der Waals surface area contributed by atoms with Crippen LogP contribution in [0.1, 0.15) is 55.3 Å². The third kappa shape index (κ3) is 5.76. The highest BCUT2D eigenvalue weighted by atomic mass is 32.2. The number of rotatable bonds is 9. The lowest BCUT2D eigenvalue weighted by molar-refractivity contribution is -0.137. The molecule has 0 radical (unpaired) electrons. The summed E-state index contributed by atoms with van der Waals surface area (Å²) in [5.41, 5.74) is 4.97. The van der Waals surface area contributed by atoms with Crippen molar-refractivity contribution in [1.29, 1.82) is 0 Å². The first-order chi connectivity index (χ1) is 18.6. The highest BCUT2D eigenvalue weighted by Gasteiger charge is 2.54. The number of carbonyl (C=O) groups is 3. The van der Waals surface area contributed by atoms with Crippen LogP contribution in [0.3, 0.4) is 0 Å². The number of nitrogens with two attached hydrogens (primary N) is 1. The molecule has 2 heterocycles. The van der Waals surface area contributed by atoms with Crippen LogP contribution < -0.4 is 16.4 Å². The number of nitrogens with one attached hydrogen (secondary N) is 2. The smallest absolute Gasteiger partial charge is 0.335 e. The van der Waals surface area contributed by atoms with Gasteiger partial charge in [0, 0.05) is 50.4 Å². The predicted octanol–water partition coefficient (Wildman–Crippen LogP) is 0.868. The second kappa shape index (κ2) is 11.2. The van der Waals surface area contributed by atoms with Gasteiger partial charge in [-0.3, -0.25) is 19.8 Å². The summed E-state index contributed by atoms with van der Waals surface area (Å²) >= 11 is 0. The first kappa shape index (κ1) is 28.2. The van der Waals surface area contributed by atoms with Crippen molar-refractivity contribution in [3.8, 4) is 0 Å². The van der Waals surface area contributed by atoms with Crippen LogP contribution in [0, 0.1) is 11.8 Å². The van der Waals surface area contributed by atoms with Gasteiger partial charge in [-0.15, -0.1) is 0 Å². The Morgan fingerprint density at radius 2 is 1.64 bits per heavy atom.